The average molecular weight is 218 g/mol. The first-order chi connectivity index (χ1) is 7.09. The van der Waals surface area contributed by atoms with Gasteiger partial charge in [-0.25, -0.2) is 0 Å². The molecule has 1 aromatic carbocycles. The van der Waals surface area contributed by atoms with Crippen molar-refractivity contribution >= 4 is 21.4 Å². The first-order valence-corrected chi connectivity index (χ1v) is 6.11. The Bertz CT molecular complexity index is 524. The molecule has 0 aliphatic heterocycles. The third kappa shape index (κ3) is 1.18. The molecule has 0 bridgehead atoms. The van der Waals surface area contributed by atoms with Gasteiger partial charge >= 0.3 is 0 Å². The molecule has 2 heteroatoms. The van der Waals surface area contributed by atoms with E-state index in [1.54, 1.807) is 11.3 Å². The van der Waals surface area contributed by atoms with Gasteiger partial charge in [0, 0.05) is 9.58 Å². The van der Waals surface area contributed by atoms with Crippen LogP contribution in [0, 0.1) is 0 Å². The van der Waals surface area contributed by atoms with Crippen LogP contribution < -0.4 is 0 Å². The van der Waals surface area contributed by atoms with Crippen LogP contribution in [0.2, 0.25) is 0 Å². The van der Waals surface area contributed by atoms with Gasteiger partial charge in [-0.1, -0.05) is 32.0 Å². The van der Waals surface area contributed by atoms with Gasteiger partial charge in [0.25, 0.3) is 0 Å². The second-order valence-electron chi connectivity index (χ2n) is 4.94. The van der Waals surface area contributed by atoms with Gasteiger partial charge in [-0.3, -0.25) is 0 Å². The van der Waals surface area contributed by atoms with Gasteiger partial charge < -0.3 is 5.11 Å². The van der Waals surface area contributed by atoms with Crippen molar-refractivity contribution in [1.82, 2.24) is 0 Å². The minimum atomic E-state index is -0.257. The van der Waals surface area contributed by atoms with Gasteiger partial charge in [0.1, 0.15) is 0 Å². The summed E-state index contributed by atoms with van der Waals surface area (Å²) >= 11 is 1.75. The van der Waals surface area contributed by atoms with E-state index in [-0.39, 0.29) is 11.5 Å². The zero-order valence-electron chi connectivity index (χ0n) is 8.95. The van der Waals surface area contributed by atoms with Crippen molar-refractivity contribution in [1.29, 1.82) is 0 Å². The maximum atomic E-state index is 10.0. The quantitative estimate of drug-likeness (QED) is 0.716. The van der Waals surface area contributed by atoms with E-state index in [2.05, 4.69) is 38.1 Å². The van der Waals surface area contributed by atoms with E-state index >= 15 is 0 Å². The molecule has 15 heavy (non-hydrogen) atoms. The number of fused-ring (bicyclic) bond motifs is 3. The topological polar surface area (TPSA) is 20.2 Å². The second kappa shape index (κ2) is 2.83. The minimum absolute atomic E-state index is 0.119. The molecule has 0 amide bonds. The lowest BCUT2D eigenvalue weighted by Crippen LogP contribution is -2.12. The molecular weight excluding hydrogens is 204 g/mol. The maximum absolute atomic E-state index is 10.0. The molecule has 1 N–H and O–H groups in total. The summed E-state index contributed by atoms with van der Waals surface area (Å²) in [6.07, 6.45) is 0.603. The molecule has 1 aliphatic rings. The molecule has 0 saturated heterocycles. The third-order valence-electron chi connectivity index (χ3n) is 3.31. The van der Waals surface area contributed by atoms with Crippen LogP contribution in [0.15, 0.2) is 24.3 Å². The molecule has 3 rings (SSSR count). The van der Waals surface area contributed by atoms with E-state index in [9.17, 15) is 5.11 Å². The Morgan fingerprint density at radius 3 is 2.87 bits per heavy atom. The number of benzene rings is 1. The van der Waals surface area contributed by atoms with Crippen molar-refractivity contribution in [3.63, 3.8) is 0 Å². The predicted molar refractivity (Wildman–Crippen MR) is 64.4 cm³/mol. The van der Waals surface area contributed by atoms with Gasteiger partial charge in [0.05, 0.1) is 6.10 Å². The van der Waals surface area contributed by atoms with Gasteiger partial charge in [0.2, 0.25) is 0 Å². The van der Waals surface area contributed by atoms with Crippen molar-refractivity contribution in [2.75, 3.05) is 0 Å². The fourth-order valence-electron chi connectivity index (χ4n) is 2.68. The fourth-order valence-corrected chi connectivity index (χ4v) is 4.05. The summed E-state index contributed by atoms with van der Waals surface area (Å²) in [6, 6.07) is 8.45. The number of thiophene rings is 1. The average Bonchev–Trinajstić information content (AvgIpc) is 2.64. The summed E-state index contributed by atoms with van der Waals surface area (Å²) in [5.41, 5.74) is 1.49. The Balaban J connectivity index is 2.40. The van der Waals surface area contributed by atoms with Crippen LogP contribution in [0.3, 0.4) is 0 Å². The summed E-state index contributed by atoms with van der Waals surface area (Å²) < 4.78 is 1.30. The highest BCUT2D eigenvalue weighted by Crippen LogP contribution is 2.51. The van der Waals surface area contributed by atoms with Crippen molar-refractivity contribution in [3.8, 4) is 0 Å². The fraction of sp³-hybridized carbons (Fsp3) is 0.385. The van der Waals surface area contributed by atoms with E-state index in [1.807, 2.05) is 0 Å². The molecule has 0 fully saturated rings. The SMILES string of the molecule is CC1(C)C[C@@H](O)c2sc3ccccc3c21. The van der Waals surface area contributed by atoms with Crippen molar-refractivity contribution in [3.05, 3.63) is 34.7 Å². The second-order valence-corrected chi connectivity index (χ2v) is 6.03. The molecular formula is C13H14OS. The highest BCUT2D eigenvalue weighted by molar-refractivity contribution is 7.19. The summed E-state index contributed by atoms with van der Waals surface area (Å²) in [5.74, 6) is 0. The van der Waals surface area contributed by atoms with Crippen molar-refractivity contribution in [2.45, 2.75) is 31.8 Å². The van der Waals surface area contributed by atoms with E-state index in [0.29, 0.717) is 0 Å². The Morgan fingerprint density at radius 1 is 1.33 bits per heavy atom. The van der Waals surface area contributed by atoms with Crippen LogP contribution in [0.25, 0.3) is 10.1 Å². The highest BCUT2D eigenvalue weighted by atomic mass is 32.1. The molecule has 1 aliphatic carbocycles. The molecule has 2 aromatic rings. The number of hydrogen-bond donors (Lipinski definition) is 1. The van der Waals surface area contributed by atoms with Gasteiger partial charge in [-0.2, -0.15) is 0 Å². The van der Waals surface area contributed by atoms with E-state index in [0.717, 1.165) is 6.42 Å². The standard InChI is InChI=1S/C13H14OS/c1-13(2)7-9(14)12-11(13)8-5-3-4-6-10(8)15-12/h3-6,9,14H,7H2,1-2H3/t9-/m1/s1. The molecule has 1 atom stereocenters. The summed E-state index contributed by atoms with van der Waals surface area (Å²) in [7, 11) is 0. The number of hydrogen-bond acceptors (Lipinski definition) is 2. The largest absolute Gasteiger partial charge is 0.388 e. The lowest BCUT2D eigenvalue weighted by Gasteiger charge is -2.18. The van der Waals surface area contributed by atoms with Gasteiger partial charge in [-0.15, -0.1) is 11.3 Å². The Kier molecular flexibility index (Phi) is 1.77. The molecule has 1 nitrogen and oxygen atoms in total. The highest BCUT2D eigenvalue weighted by Gasteiger charge is 2.38. The number of rotatable bonds is 0. The van der Waals surface area contributed by atoms with Gasteiger partial charge in [-0.05, 0) is 28.9 Å². The van der Waals surface area contributed by atoms with Crippen LogP contribution in [-0.4, -0.2) is 5.11 Å². The molecule has 1 aromatic heterocycles. The van der Waals surface area contributed by atoms with E-state index in [1.165, 1.54) is 20.5 Å². The molecule has 0 radical (unpaired) electrons. The normalized spacial score (nSPS) is 23.3. The van der Waals surface area contributed by atoms with E-state index < -0.39 is 0 Å². The summed E-state index contributed by atoms with van der Waals surface area (Å²) in [5, 5.41) is 11.4. The lowest BCUT2D eigenvalue weighted by atomic mass is 9.85. The van der Waals surface area contributed by atoms with Crippen molar-refractivity contribution < 1.29 is 5.11 Å². The smallest absolute Gasteiger partial charge is 0.0893 e. The van der Waals surface area contributed by atoms with Crippen LogP contribution in [-0.2, 0) is 5.41 Å². The number of aliphatic hydroxyl groups excluding tert-OH is 1. The Hall–Kier alpha value is -0.860. The molecule has 1 heterocycles. The monoisotopic (exact) mass is 218 g/mol. The van der Waals surface area contributed by atoms with Crippen molar-refractivity contribution in [2.24, 2.45) is 0 Å². The van der Waals surface area contributed by atoms with Crippen LogP contribution >= 0.6 is 11.3 Å². The molecule has 0 spiro atoms. The zero-order chi connectivity index (χ0) is 10.6. The Labute approximate surface area is 93.4 Å². The van der Waals surface area contributed by atoms with Crippen LogP contribution in [0.1, 0.15) is 36.8 Å². The Morgan fingerprint density at radius 2 is 2.07 bits per heavy atom. The maximum Gasteiger partial charge on any atom is 0.0893 e. The van der Waals surface area contributed by atoms with E-state index in [4.69, 9.17) is 0 Å². The summed E-state index contributed by atoms with van der Waals surface area (Å²) in [6.45, 7) is 4.45. The first-order valence-electron chi connectivity index (χ1n) is 5.29. The van der Waals surface area contributed by atoms with Crippen LogP contribution in [0.5, 0.6) is 0 Å². The predicted octanol–water partition coefficient (Wildman–Crippen LogP) is 3.62. The van der Waals surface area contributed by atoms with Gasteiger partial charge in [0.15, 0.2) is 0 Å². The first kappa shape index (κ1) is 9.37. The minimum Gasteiger partial charge on any atom is -0.388 e. The summed E-state index contributed by atoms with van der Waals surface area (Å²) in [4.78, 5) is 1.18. The molecule has 0 saturated carbocycles. The molecule has 78 valence electrons. The zero-order valence-corrected chi connectivity index (χ0v) is 9.77. The van der Waals surface area contributed by atoms with Crippen LogP contribution in [0.4, 0.5) is 0 Å². The number of aliphatic hydroxyl groups is 1. The lowest BCUT2D eigenvalue weighted by molar-refractivity contribution is 0.164. The third-order valence-corrected chi connectivity index (χ3v) is 4.58. The molecule has 0 unspecified atom stereocenters.